The number of hydrogen-bond donors (Lipinski definition) is 3. The minimum absolute atomic E-state index is 0.0180. The average molecular weight is 217 g/mol. The van der Waals surface area contributed by atoms with Crippen LogP contribution in [0.25, 0.3) is 0 Å². The highest BCUT2D eigenvalue weighted by Crippen LogP contribution is 2.28. The molecule has 1 amide bonds. The number of carbonyl (C=O) groups excluding carboxylic acids is 1. The van der Waals surface area contributed by atoms with Crippen molar-refractivity contribution in [3.8, 4) is 0 Å². The molecule has 0 aliphatic heterocycles. The van der Waals surface area contributed by atoms with Gasteiger partial charge in [0.05, 0.1) is 5.75 Å². The van der Waals surface area contributed by atoms with E-state index in [2.05, 4.69) is 17.9 Å². The fraction of sp³-hybridized carbons (Fsp3) is 0.900. The lowest BCUT2D eigenvalue weighted by atomic mass is 9.79. The van der Waals surface area contributed by atoms with E-state index >= 15 is 0 Å². The zero-order chi connectivity index (χ0) is 10.4. The summed E-state index contributed by atoms with van der Waals surface area (Å²) in [5, 5.41) is 12.0. The van der Waals surface area contributed by atoms with E-state index in [9.17, 15) is 4.79 Å². The van der Waals surface area contributed by atoms with Crippen molar-refractivity contribution in [3.63, 3.8) is 0 Å². The van der Waals surface area contributed by atoms with Gasteiger partial charge < -0.3 is 10.4 Å². The van der Waals surface area contributed by atoms with Crippen LogP contribution in [-0.4, -0.2) is 29.9 Å². The predicted molar refractivity (Wildman–Crippen MR) is 59.4 cm³/mol. The summed E-state index contributed by atoms with van der Waals surface area (Å²) in [6.45, 7) is 0.950. The van der Waals surface area contributed by atoms with Crippen molar-refractivity contribution in [3.05, 3.63) is 0 Å². The summed E-state index contributed by atoms with van der Waals surface area (Å²) in [4.78, 5) is 11.0. The van der Waals surface area contributed by atoms with E-state index < -0.39 is 0 Å². The quantitative estimate of drug-likeness (QED) is 0.611. The Morgan fingerprint density at radius 1 is 1.36 bits per heavy atom. The Labute approximate surface area is 90.7 Å². The maximum atomic E-state index is 11.0. The van der Waals surface area contributed by atoms with Crippen LogP contribution in [0.4, 0.5) is 0 Å². The molecule has 2 unspecified atom stereocenters. The molecule has 0 saturated heterocycles. The fourth-order valence-electron chi connectivity index (χ4n) is 2.09. The molecule has 2 N–H and O–H groups in total. The summed E-state index contributed by atoms with van der Waals surface area (Å²) < 4.78 is 0. The molecule has 1 aliphatic rings. The van der Waals surface area contributed by atoms with Gasteiger partial charge in [-0.05, 0) is 24.7 Å². The molecular formula is C10H19NO2S. The Morgan fingerprint density at radius 3 is 2.57 bits per heavy atom. The molecule has 4 heteroatoms. The van der Waals surface area contributed by atoms with Crippen LogP contribution in [0.1, 0.15) is 25.7 Å². The van der Waals surface area contributed by atoms with Crippen molar-refractivity contribution in [1.82, 2.24) is 5.32 Å². The monoisotopic (exact) mass is 217 g/mol. The van der Waals surface area contributed by atoms with E-state index in [1.807, 2.05) is 0 Å². The number of rotatable bonds is 4. The largest absolute Gasteiger partial charge is 0.396 e. The topological polar surface area (TPSA) is 49.3 Å². The van der Waals surface area contributed by atoms with Gasteiger partial charge >= 0.3 is 0 Å². The summed E-state index contributed by atoms with van der Waals surface area (Å²) in [7, 11) is 0. The molecule has 14 heavy (non-hydrogen) atoms. The highest BCUT2D eigenvalue weighted by atomic mass is 32.1. The van der Waals surface area contributed by atoms with E-state index in [-0.39, 0.29) is 18.3 Å². The van der Waals surface area contributed by atoms with Crippen molar-refractivity contribution >= 4 is 18.5 Å². The molecule has 0 spiro atoms. The molecule has 82 valence electrons. The first-order valence-electron chi connectivity index (χ1n) is 5.26. The maximum absolute atomic E-state index is 11.0. The molecule has 1 fully saturated rings. The van der Waals surface area contributed by atoms with Crippen molar-refractivity contribution < 1.29 is 9.90 Å². The second-order valence-electron chi connectivity index (χ2n) is 3.95. The van der Waals surface area contributed by atoms with Gasteiger partial charge in [0.25, 0.3) is 0 Å². The molecule has 2 atom stereocenters. The van der Waals surface area contributed by atoms with E-state index in [0.29, 0.717) is 18.4 Å². The molecule has 1 saturated carbocycles. The lowest BCUT2D eigenvalue weighted by Gasteiger charge is -2.30. The Bertz CT molecular complexity index is 187. The zero-order valence-corrected chi connectivity index (χ0v) is 9.30. The Morgan fingerprint density at radius 2 is 2.00 bits per heavy atom. The van der Waals surface area contributed by atoms with E-state index in [4.69, 9.17) is 5.11 Å². The lowest BCUT2D eigenvalue weighted by molar-refractivity contribution is -0.118. The third-order valence-electron chi connectivity index (χ3n) is 3.01. The standard InChI is InChI=1S/C10H19NO2S/c12-6-9-4-2-1-3-8(9)5-11-10(13)7-14/h8-9,12,14H,1-7H2,(H,11,13). The molecule has 1 rings (SSSR count). The number of nitrogens with one attached hydrogen (secondary N) is 1. The number of carbonyl (C=O) groups is 1. The number of amides is 1. The van der Waals surface area contributed by atoms with Crippen LogP contribution in [0, 0.1) is 11.8 Å². The zero-order valence-electron chi connectivity index (χ0n) is 8.41. The van der Waals surface area contributed by atoms with Crippen molar-refractivity contribution in [2.24, 2.45) is 11.8 Å². The van der Waals surface area contributed by atoms with Gasteiger partial charge in [-0.1, -0.05) is 12.8 Å². The predicted octanol–water partition coefficient (Wildman–Crippen LogP) is 0.831. The van der Waals surface area contributed by atoms with Crippen LogP contribution in [0.5, 0.6) is 0 Å². The van der Waals surface area contributed by atoms with E-state index in [0.717, 1.165) is 12.8 Å². The molecular weight excluding hydrogens is 198 g/mol. The van der Waals surface area contributed by atoms with Gasteiger partial charge in [0.1, 0.15) is 0 Å². The van der Waals surface area contributed by atoms with Crippen LogP contribution in [0.3, 0.4) is 0 Å². The summed E-state index contributed by atoms with van der Waals surface area (Å²) >= 11 is 3.90. The molecule has 0 aromatic rings. The average Bonchev–Trinajstić information content (AvgIpc) is 2.26. The molecule has 0 radical (unpaired) electrons. The smallest absolute Gasteiger partial charge is 0.229 e. The minimum atomic E-state index is -0.0180. The highest BCUT2D eigenvalue weighted by molar-refractivity contribution is 7.81. The number of thiol groups is 1. The molecule has 3 nitrogen and oxygen atoms in total. The van der Waals surface area contributed by atoms with E-state index in [1.165, 1.54) is 12.8 Å². The van der Waals surface area contributed by atoms with Crippen LogP contribution in [-0.2, 0) is 4.79 Å². The third kappa shape index (κ3) is 3.50. The van der Waals surface area contributed by atoms with Gasteiger partial charge in [0, 0.05) is 13.2 Å². The molecule has 0 aromatic carbocycles. The molecule has 0 aromatic heterocycles. The minimum Gasteiger partial charge on any atom is -0.396 e. The first-order valence-corrected chi connectivity index (χ1v) is 5.89. The first kappa shape index (κ1) is 11.9. The first-order chi connectivity index (χ1) is 6.77. The Balaban J connectivity index is 2.29. The van der Waals surface area contributed by atoms with Crippen LogP contribution < -0.4 is 5.32 Å². The fourth-order valence-corrected chi connectivity index (χ4v) is 2.21. The summed E-state index contributed by atoms with van der Waals surface area (Å²) in [5.74, 6) is 1.06. The van der Waals surface area contributed by atoms with Crippen molar-refractivity contribution in [1.29, 1.82) is 0 Å². The van der Waals surface area contributed by atoms with Crippen LogP contribution >= 0.6 is 12.6 Å². The molecule has 0 heterocycles. The lowest BCUT2D eigenvalue weighted by Crippen LogP contribution is -2.35. The third-order valence-corrected chi connectivity index (χ3v) is 3.29. The van der Waals surface area contributed by atoms with Gasteiger partial charge in [-0.25, -0.2) is 0 Å². The van der Waals surface area contributed by atoms with Gasteiger partial charge in [-0.2, -0.15) is 12.6 Å². The number of aliphatic hydroxyl groups excluding tert-OH is 1. The summed E-state index contributed by atoms with van der Waals surface area (Å²) in [6, 6.07) is 0. The molecule has 1 aliphatic carbocycles. The van der Waals surface area contributed by atoms with Crippen LogP contribution in [0.2, 0.25) is 0 Å². The summed E-state index contributed by atoms with van der Waals surface area (Å²) in [6.07, 6.45) is 4.65. The second kappa shape index (κ2) is 6.30. The van der Waals surface area contributed by atoms with Gasteiger partial charge in [-0.15, -0.1) is 0 Å². The van der Waals surface area contributed by atoms with Crippen molar-refractivity contribution in [2.75, 3.05) is 18.9 Å². The second-order valence-corrected chi connectivity index (χ2v) is 4.27. The summed E-state index contributed by atoms with van der Waals surface area (Å²) in [5.41, 5.74) is 0. The van der Waals surface area contributed by atoms with Crippen LogP contribution in [0.15, 0.2) is 0 Å². The Kier molecular flexibility index (Phi) is 5.33. The maximum Gasteiger partial charge on any atom is 0.229 e. The van der Waals surface area contributed by atoms with Gasteiger partial charge in [-0.3, -0.25) is 4.79 Å². The normalized spacial score (nSPS) is 27.3. The highest BCUT2D eigenvalue weighted by Gasteiger charge is 2.24. The molecule has 0 bridgehead atoms. The number of aliphatic hydroxyl groups is 1. The van der Waals surface area contributed by atoms with E-state index in [1.54, 1.807) is 0 Å². The van der Waals surface area contributed by atoms with Gasteiger partial charge in [0.15, 0.2) is 0 Å². The Hall–Kier alpha value is -0.220. The van der Waals surface area contributed by atoms with Gasteiger partial charge in [0.2, 0.25) is 5.91 Å². The van der Waals surface area contributed by atoms with Crippen molar-refractivity contribution in [2.45, 2.75) is 25.7 Å². The number of hydrogen-bond acceptors (Lipinski definition) is 3. The SMILES string of the molecule is O=C(CS)NCC1CCCCC1CO.